The van der Waals surface area contributed by atoms with Crippen molar-refractivity contribution < 1.29 is 14.6 Å². The first-order chi connectivity index (χ1) is 5.27. The lowest BCUT2D eigenvalue weighted by Gasteiger charge is -2.25. The van der Waals surface area contributed by atoms with Crippen molar-refractivity contribution in [3.63, 3.8) is 0 Å². The molecule has 1 saturated heterocycles. The van der Waals surface area contributed by atoms with Crippen LogP contribution in [-0.2, 0) is 9.53 Å². The van der Waals surface area contributed by atoms with Gasteiger partial charge in [-0.25, -0.2) is 4.79 Å². The Balaban J connectivity index is 2.07. The molecule has 0 amide bonds. The number of fused-ring (bicyclic) bond motifs is 2. The Labute approximate surface area is 65.4 Å². The molecule has 2 bridgehead atoms. The van der Waals surface area contributed by atoms with E-state index in [4.69, 9.17) is 9.84 Å². The molecule has 3 atom stereocenters. The lowest BCUT2D eigenvalue weighted by Crippen LogP contribution is -2.35. The van der Waals surface area contributed by atoms with Gasteiger partial charge >= 0.3 is 5.97 Å². The molecule has 1 aliphatic carbocycles. The van der Waals surface area contributed by atoms with Gasteiger partial charge in [0.2, 0.25) is 0 Å². The third-order valence-corrected chi connectivity index (χ3v) is 2.76. The van der Waals surface area contributed by atoms with Crippen LogP contribution in [0, 0.1) is 11.8 Å². The maximum atomic E-state index is 10.6. The van der Waals surface area contributed by atoms with Gasteiger partial charge in [-0.15, -0.1) is 0 Å². The molecule has 0 aromatic rings. The largest absolute Gasteiger partial charge is 0.479 e. The zero-order valence-electron chi connectivity index (χ0n) is 6.32. The summed E-state index contributed by atoms with van der Waals surface area (Å²) in [4.78, 5) is 10.6. The van der Waals surface area contributed by atoms with E-state index in [0.29, 0.717) is 18.4 Å². The van der Waals surface area contributed by atoms with Crippen LogP contribution < -0.4 is 0 Å². The Morgan fingerprint density at radius 2 is 2.27 bits per heavy atom. The van der Waals surface area contributed by atoms with Crippen LogP contribution in [0.3, 0.4) is 0 Å². The number of ether oxygens (including phenoxy) is 1. The molecule has 62 valence electrons. The highest BCUT2D eigenvalue weighted by Crippen LogP contribution is 2.38. The molecule has 2 rings (SSSR count). The first-order valence-corrected chi connectivity index (χ1v) is 4.12. The quantitative estimate of drug-likeness (QED) is 0.613. The molecule has 2 aliphatic rings. The van der Waals surface area contributed by atoms with Crippen LogP contribution in [0.4, 0.5) is 0 Å². The summed E-state index contributed by atoms with van der Waals surface area (Å²) in [7, 11) is 0. The molecule has 1 saturated carbocycles. The summed E-state index contributed by atoms with van der Waals surface area (Å²) in [6, 6.07) is 0. The Morgan fingerprint density at radius 1 is 1.45 bits per heavy atom. The number of hydrogen-bond acceptors (Lipinski definition) is 2. The third kappa shape index (κ3) is 1.13. The van der Waals surface area contributed by atoms with E-state index in [1.165, 1.54) is 0 Å². The van der Waals surface area contributed by atoms with Gasteiger partial charge in [-0.05, 0) is 31.1 Å². The van der Waals surface area contributed by atoms with Crippen LogP contribution in [0.15, 0.2) is 0 Å². The Kier molecular flexibility index (Phi) is 1.60. The van der Waals surface area contributed by atoms with Gasteiger partial charge in [0, 0.05) is 0 Å². The summed E-state index contributed by atoms with van der Waals surface area (Å²) < 4.78 is 5.23. The van der Waals surface area contributed by atoms with E-state index in [9.17, 15) is 4.79 Å². The highest BCUT2D eigenvalue weighted by molar-refractivity contribution is 5.72. The van der Waals surface area contributed by atoms with Crippen LogP contribution in [-0.4, -0.2) is 23.8 Å². The molecular weight excluding hydrogens is 144 g/mol. The average Bonchev–Trinajstić information content (AvgIpc) is 2.32. The van der Waals surface area contributed by atoms with E-state index in [2.05, 4.69) is 0 Å². The molecule has 0 radical (unpaired) electrons. The second-order valence-electron chi connectivity index (χ2n) is 3.53. The molecule has 3 heteroatoms. The summed E-state index contributed by atoms with van der Waals surface area (Å²) >= 11 is 0. The van der Waals surface area contributed by atoms with E-state index < -0.39 is 12.1 Å². The van der Waals surface area contributed by atoms with Crippen molar-refractivity contribution in [2.45, 2.75) is 25.4 Å². The minimum absolute atomic E-state index is 0.297. The molecule has 0 aromatic heterocycles. The van der Waals surface area contributed by atoms with Gasteiger partial charge in [-0.3, -0.25) is 0 Å². The van der Waals surface area contributed by atoms with Crippen LogP contribution in [0.5, 0.6) is 0 Å². The Bertz CT molecular complexity index is 178. The lowest BCUT2D eigenvalue weighted by molar-refractivity contribution is -0.157. The van der Waals surface area contributed by atoms with Crippen LogP contribution >= 0.6 is 0 Å². The monoisotopic (exact) mass is 156 g/mol. The Morgan fingerprint density at radius 3 is 3.00 bits per heavy atom. The first kappa shape index (κ1) is 7.10. The van der Waals surface area contributed by atoms with Gasteiger partial charge in [0.25, 0.3) is 0 Å². The molecule has 1 N–H and O–H groups in total. The van der Waals surface area contributed by atoms with Crippen molar-refractivity contribution in [2.24, 2.45) is 11.8 Å². The molecule has 0 spiro atoms. The average molecular weight is 156 g/mol. The molecule has 0 aromatic carbocycles. The normalized spacial score (nSPS) is 42.4. The van der Waals surface area contributed by atoms with Gasteiger partial charge in [0.15, 0.2) is 6.10 Å². The van der Waals surface area contributed by atoms with Gasteiger partial charge in [0.05, 0.1) is 6.61 Å². The van der Waals surface area contributed by atoms with E-state index in [-0.39, 0.29) is 0 Å². The van der Waals surface area contributed by atoms with Crippen molar-refractivity contribution in [2.75, 3.05) is 6.61 Å². The summed E-state index contributed by atoms with van der Waals surface area (Å²) in [5, 5.41) is 8.73. The second kappa shape index (κ2) is 2.48. The van der Waals surface area contributed by atoms with Gasteiger partial charge in [-0.1, -0.05) is 0 Å². The van der Waals surface area contributed by atoms with Crippen molar-refractivity contribution >= 4 is 5.97 Å². The van der Waals surface area contributed by atoms with Crippen LogP contribution in [0.1, 0.15) is 19.3 Å². The van der Waals surface area contributed by atoms with Crippen molar-refractivity contribution in [3.8, 4) is 0 Å². The molecule has 1 aliphatic heterocycles. The molecule has 3 unspecified atom stereocenters. The molecule has 3 nitrogen and oxygen atoms in total. The predicted molar refractivity (Wildman–Crippen MR) is 38.2 cm³/mol. The number of rotatable bonds is 1. The summed E-state index contributed by atoms with van der Waals surface area (Å²) in [5.74, 6) is 0.164. The summed E-state index contributed by atoms with van der Waals surface area (Å²) in [5.41, 5.74) is 0. The van der Waals surface area contributed by atoms with Gasteiger partial charge in [-0.2, -0.15) is 0 Å². The second-order valence-corrected chi connectivity index (χ2v) is 3.53. The molecular formula is C8H12O3. The van der Waals surface area contributed by atoms with E-state index in [1.54, 1.807) is 0 Å². The maximum absolute atomic E-state index is 10.6. The smallest absolute Gasteiger partial charge is 0.333 e. The van der Waals surface area contributed by atoms with E-state index in [1.807, 2.05) is 0 Å². The van der Waals surface area contributed by atoms with Crippen LogP contribution in [0.25, 0.3) is 0 Å². The fourth-order valence-corrected chi connectivity index (χ4v) is 2.19. The van der Waals surface area contributed by atoms with Crippen LogP contribution in [0.2, 0.25) is 0 Å². The summed E-state index contributed by atoms with van der Waals surface area (Å²) in [6.07, 6.45) is 2.77. The van der Waals surface area contributed by atoms with E-state index >= 15 is 0 Å². The van der Waals surface area contributed by atoms with Crippen molar-refractivity contribution in [3.05, 3.63) is 0 Å². The molecule has 1 heterocycles. The zero-order chi connectivity index (χ0) is 7.84. The lowest BCUT2D eigenvalue weighted by atomic mass is 9.96. The number of aliphatic carboxylic acids is 1. The fourth-order valence-electron chi connectivity index (χ4n) is 2.19. The predicted octanol–water partition coefficient (Wildman–Crippen LogP) is 0.886. The zero-order valence-corrected chi connectivity index (χ0v) is 6.32. The first-order valence-electron chi connectivity index (χ1n) is 4.12. The fraction of sp³-hybridized carbons (Fsp3) is 0.875. The van der Waals surface area contributed by atoms with Crippen molar-refractivity contribution in [1.82, 2.24) is 0 Å². The number of carboxylic acid groups (broad SMARTS) is 1. The molecule has 11 heavy (non-hydrogen) atoms. The van der Waals surface area contributed by atoms with Crippen molar-refractivity contribution in [1.29, 1.82) is 0 Å². The molecule has 2 fully saturated rings. The Hall–Kier alpha value is -0.570. The summed E-state index contributed by atoms with van der Waals surface area (Å²) in [6.45, 7) is 0.660. The van der Waals surface area contributed by atoms with Gasteiger partial charge < -0.3 is 9.84 Å². The topological polar surface area (TPSA) is 46.5 Å². The SMILES string of the molecule is O=C(O)C1OCC2CCC1C2. The highest BCUT2D eigenvalue weighted by Gasteiger charge is 2.40. The number of carboxylic acids is 1. The minimum Gasteiger partial charge on any atom is -0.479 e. The number of carbonyl (C=O) groups is 1. The number of hydrogen-bond donors (Lipinski definition) is 1. The van der Waals surface area contributed by atoms with Gasteiger partial charge in [0.1, 0.15) is 0 Å². The third-order valence-electron chi connectivity index (χ3n) is 2.76. The standard InChI is InChI=1S/C8H12O3/c9-8(10)7-6-2-1-5(3-6)4-11-7/h5-7H,1-4H2,(H,9,10). The minimum atomic E-state index is -0.782. The van der Waals surface area contributed by atoms with E-state index in [0.717, 1.165) is 19.3 Å². The maximum Gasteiger partial charge on any atom is 0.333 e. The highest BCUT2D eigenvalue weighted by atomic mass is 16.5.